The molecule has 0 N–H and O–H groups in total. The minimum absolute atomic E-state index is 0.0569. The van der Waals surface area contributed by atoms with Crippen molar-refractivity contribution >= 4 is 22.9 Å². The van der Waals surface area contributed by atoms with E-state index in [1.165, 1.54) is 6.42 Å². The molecule has 0 unspecified atom stereocenters. The molecule has 3 aromatic heterocycles. The minimum atomic E-state index is 0.0569. The third kappa shape index (κ3) is 2.55. The van der Waals surface area contributed by atoms with E-state index in [0.717, 1.165) is 36.4 Å². The number of fused-ring (bicyclic) bond motifs is 1. The quantitative estimate of drug-likeness (QED) is 0.716. The molecule has 5 heteroatoms. The van der Waals surface area contributed by atoms with Crippen molar-refractivity contribution in [2.24, 2.45) is 5.92 Å². The molecule has 0 saturated carbocycles. The van der Waals surface area contributed by atoms with Crippen LogP contribution >= 0.6 is 11.3 Å². The van der Waals surface area contributed by atoms with Crippen LogP contribution in [0.2, 0.25) is 0 Å². The summed E-state index contributed by atoms with van der Waals surface area (Å²) >= 11 is 1.64. The number of nitrogens with zero attached hydrogens (tertiary/aromatic N) is 3. The maximum atomic E-state index is 13.1. The van der Waals surface area contributed by atoms with Crippen molar-refractivity contribution in [3.05, 3.63) is 46.9 Å². The fourth-order valence-corrected chi connectivity index (χ4v) is 3.98. The van der Waals surface area contributed by atoms with Gasteiger partial charge in [0.25, 0.3) is 5.91 Å². The van der Waals surface area contributed by atoms with E-state index in [2.05, 4.69) is 23.4 Å². The van der Waals surface area contributed by atoms with Gasteiger partial charge in [0.05, 0.1) is 5.69 Å². The number of pyridine rings is 1. The predicted octanol–water partition coefficient (Wildman–Crippen LogP) is 3.93. The second kappa shape index (κ2) is 5.81. The highest BCUT2D eigenvalue weighted by atomic mass is 32.1. The van der Waals surface area contributed by atoms with Gasteiger partial charge in [0.2, 0.25) is 0 Å². The Morgan fingerprint density at radius 1 is 1.35 bits per heavy atom. The smallest absolute Gasteiger partial charge is 0.274 e. The average Bonchev–Trinajstić information content (AvgIpc) is 3.21. The summed E-state index contributed by atoms with van der Waals surface area (Å²) in [7, 11) is 0. The van der Waals surface area contributed by atoms with Crippen molar-refractivity contribution < 1.29 is 4.79 Å². The zero-order valence-corrected chi connectivity index (χ0v) is 13.9. The highest BCUT2D eigenvalue weighted by Gasteiger charge is 2.27. The van der Waals surface area contributed by atoms with Crippen molar-refractivity contribution in [1.29, 1.82) is 0 Å². The first kappa shape index (κ1) is 14.5. The van der Waals surface area contributed by atoms with Crippen molar-refractivity contribution in [1.82, 2.24) is 14.3 Å². The van der Waals surface area contributed by atoms with E-state index >= 15 is 0 Å². The Balaban J connectivity index is 1.83. The topological polar surface area (TPSA) is 37.6 Å². The summed E-state index contributed by atoms with van der Waals surface area (Å²) in [5.74, 6) is 0.621. The molecule has 0 radical (unpaired) electrons. The van der Waals surface area contributed by atoms with Crippen molar-refractivity contribution in [2.75, 3.05) is 13.1 Å². The average molecular weight is 325 g/mol. The van der Waals surface area contributed by atoms with Crippen LogP contribution in [0.5, 0.6) is 0 Å². The van der Waals surface area contributed by atoms with E-state index in [0.29, 0.717) is 11.6 Å². The highest BCUT2D eigenvalue weighted by Crippen LogP contribution is 2.29. The molecule has 23 heavy (non-hydrogen) atoms. The lowest BCUT2D eigenvalue weighted by atomic mass is 10.00. The van der Waals surface area contributed by atoms with E-state index in [9.17, 15) is 4.79 Å². The van der Waals surface area contributed by atoms with Gasteiger partial charge in [-0.25, -0.2) is 4.98 Å². The molecule has 4 nitrogen and oxygen atoms in total. The minimum Gasteiger partial charge on any atom is -0.337 e. The SMILES string of the molecule is C[C@@H]1CCCN(C(=O)c2nc3ccccn3c2-c2ccsc2)C1. The van der Waals surface area contributed by atoms with E-state index in [1.54, 1.807) is 11.3 Å². The Morgan fingerprint density at radius 3 is 3.04 bits per heavy atom. The van der Waals surface area contributed by atoms with Crippen LogP contribution in [-0.4, -0.2) is 33.3 Å². The number of hydrogen-bond donors (Lipinski definition) is 0. The summed E-state index contributed by atoms with van der Waals surface area (Å²) in [5, 5.41) is 4.11. The maximum Gasteiger partial charge on any atom is 0.274 e. The van der Waals surface area contributed by atoms with Crippen molar-refractivity contribution in [3.8, 4) is 11.3 Å². The van der Waals surface area contributed by atoms with Crippen LogP contribution in [0.4, 0.5) is 0 Å². The second-order valence-corrected chi connectivity index (χ2v) is 7.03. The Kier molecular flexibility index (Phi) is 3.65. The first-order valence-corrected chi connectivity index (χ1v) is 8.97. The third-order valence-corrected chi connectivity index (χ3v) is 5.15. The number of carbonyl (C=O) groups excluding carboxylic acids is 1. The molecule has 4 heterocycles. The van der Waals surface area contributed by atoms with Gasteiger partial charge >= 0.3 is 0 Å². The molecule has 1 amide bonds. The summed E-state index contributed by atoms with van der Waals surface area (Å²) in [6, 6.07) is 7.93. The normalized spacial score (nSPS) is 18.5. The number of aromatic nitrogens is 2. The Bertz CT molecular complexity index is 837. The van der Waals surface area contributed by atoms with Gasteiger partial charge < -0.3 is 4.90 Å². The number of thiophene rings is 1. The fraction of sp³-hybridized carbons (Fsp3) is 0.333. The third-order valence-electron chi connectivity index (χ3n) is 4.47. The van der Waals surface area contributed by atoms with Crippen molar-refractivity contribution in [3.63, 3.8) is 0 Å². The lowest BCUT2D eigenvalue weighted by molar-refractivity contribution is 0.0678. The lowest BCUT2D eigenvalue weighted by Gasteiger charge is -2.30. The number of hydrogen-bond acceptors (Lipinski definition) is 3. The summed E-state index contributed by atoms with van der Waals surface area (Å²) in [5.41, 5.74) is 3.36. The van der Waals surface area contributed by atoms with E-state index in [1.807, 2.05) is 39.1 Å². The number of imidazole rings is 1. The first-order chi connectivity index (χ1) is 11.2. The Labute approximate surface area is 139 Å². The molecule has 1 aliphatic heterocycles. The molecule has 1 aliphatic rings. The molecule has 4 rings (SSSR count). The molecule has 1 atom stereocenters. The lowest BCUT2D eigenvalue weighted by Crippen LogP contribution is -2.39. The van der Waals surface area contributed by atoms with Gasteiger partial charge in [0.1, 0.15) is 5.65 Å². The molecule has 1 fully saturated rings. The highest BCUT2D eigenvalue weighted by molar-refractivity contribution is 7.08. The summed E-state index contributed by atoms with van der Waals surface area (Å²) in [6.45, 7) is 3.87. The van der Waals surface area contributed by atoms with Gasteiger partial charge in [-0.15, -0.1) is 0 Å². The fourth-order valence-electron chi connectivity index (χ4n) is 3.34. The van der Waals surface area contributed by atoms with Crippen LogP contribution in [0, 0.1) is 5.92 Å². The van der Waals surface area contributed by atoms with Gasteiger partial charge in [-0.3, -0.25) is 9.20 Å². The zero-order valence-electron chi connectivity index (χ0n) is 13.1. The van der Waals surface area contributed by atoms with Gasteiger partial charge in [-0.05, 0) is 42.3 Å². The summed E-state index contributed by atoms with van der Waals surface area (Å²) < 4.78 is 2.02. The molecule has 0 aromatic carbocycles. The van der Waals surface area contributed by atoms with Crippen LogP contribution in [0.15, 0.2) is 41.2 Å². The van der Waals surface area contributed by atoms with Gasteiger partial charge in [-0.1, -0.05) is 13.0 Å². The number of carbonyl (C=O) groups is 1. The summed E-state index contributed by atoms with van der Waals surface area (Å²) in [4.78, 5) is 19.7. The second-order valence-electron chi connectivity index (χ2n) is 6.25. The van der Waals surface area contributed by atoms with Gasteiger partial charge in [0.15, 0.2) is 5.69 Å². The van der Waals surface area contributed by atoms with Crippen LogP contribution in [0.25, 0.3) is 16.9 Å². The number of piperidine rings is 1. The Hall–Kier alpha value is -2.14. The molecule has 0 aliphatic carbocycles. The molecule has 1 saturated heterocycles. The van der Waals surface area contributed by atoms with Crippen LogP contribution < -0.4 is 0 Å². The Morgan fingerprint density at radius 2 is 2.26 bits per heavy atom. The first-order valence-electron chi connectivity index (χ1n) is 8.03. The monoisotopic (exact) mass is 325 g/mol. The van der Waals surface area contributed by atoms with E-state index in [4.69, 9.17) is 0 Å². The molecule has 118 valence electrons. The zero-order chi connectivity index (χ0) is 15.8. The molecule has 0 bridgehead atoms. The number of likely N-dealkylation sites (tertiary alicyclic amines) is 1. The number of amides is 1. The molecular formula is C18H19N3OS. The molecule has 3 aromatic rings. The van der Waals surface area contributed by atoms with Crippen LogP contribution in [-0.2, 0) is 0 Å². The maximum absolute atomic E-state index is 13.1. The predicted molar refractivity (Wildman–Crippen MR) is 92.8 cm³/mol. The summed E-state index contributed by atoms with van der Waals surface area (Å²) in [6.07, 6.45) is 4.26. The van der Waals surface area contributed by atoms with Crippen molar-refractivity contribution in [2.45, 2.75) is 19.8 Å². The van der Waals surface area contributed by atoms with Gasteiger partial charge in [0, 0.05) is 30.2 Å². The van der Waals surface area contributed by atoms with E-state index < -0.39 is 0 Å². The van der Waals surface area contributed by atoms with Gasteiger partial charge in [-0.2, -0.15) is 11.3 Å². The van der Waals surface area contributed by atoms with E-state index in [-0.39, 0.29) is 5.91 Å². The largest absolute Gasteiger partial charge is 0.337 e. The molecule has 0 spiro atoms. The molecular weight excluding hydrogens is 306 g/mol. The van der Waals surface area contributed by atoms with Crippen LogP contribution in [0.3, 0.4) is 0 Å². The van der Waals surface area contributed by atoms with Crippen LogP contribution in [0.1, 0.15) is 30.3 Å². The standard InChI is InChI=1S/C18H19N3OS/c1-13-5-4-8-20(11-13)18(22)16-17(14-7-10-23-12-14)21-9-3-2-6-15(21)19-16/h2-3,6-7,9-10,12-13H,4-5,8,11H2,1H3/t13-/m1/s1. The number of rotatable bonds is 2.